The van der Waals surface area contributed by atoms with Crippen molar-refractivity contribution in [3.8, 4) is 0 Å². The number of rotatable bonds is 2. The van der Waals surface area contributed by atoms with Crippen LogP contribution in [0.2, 0.25) is 6.82 Å². The Kier molecular flexibility index (Phi) is 3.09. The van der Waals surface area contributed by atoms with Gasteiger partial charge in [0.15, 0.2) is 0 Å². The van der Waals surface area contributed by atoms with E-state index >= 15 is 0 Å². The van der Waals surface area contributed by atoms with Crippen LogP contribution in [0.25, 0.3) is 0 Å². The first-order valence-electron chi connectivity index (χ1n) is 4.90. The zero-order chi connectivity index (χ0) is 11.8. The molecule has 1 aliphatic rings. The third-order valence-electron chi connectivity index (χ3n) is 2.73. The van der Waals surface area contributed by atoms with Gasteiger partial charge in [-0.25, -0.2) is 4.79 Å². The topological polar surface area (TPSA) is 66.8 Å². The summed E-state index contributed by atoms with van der Waals surface area (Å²) in [5.41, 5.74) is -0.615. The van der Waals surface area contributed by atoms with E-state index in [1.54, 1.807) is 13.8 Å². The molecule has 84 valence electrons. The zero-order valence-corrected chi connectivity index (χ0v) is 9.48. The highest BCUT2D eigenvalue weighted by Crippen LogP contribution is 2.36. The van der Waals surface area contributed by atoms with Gasteiger partial charge in [-0.2, -0.15) is 0 Å². The van der Waals surface area contributed by atoms with E-state index in [2.05, 4.69) is 4.74 Å². The molecule has 1 heterocycles. The molecule has 1 atom stereocenters. The summed E-state index contributed by atoms with van der Waals surface area (Å²) in [6, 6.07) is -0.669. The van der Waals surface area contributed by atoms with Crippen LogP contribution < -0.4 is 0 Å². The molecule has 5 nitrogen and oxygen atoms in total. The van der Waals surface area contributed by atoms with Gasteiger partial charge in [0.25, 0.3) is 0 Å². The summed E-state index contributed by atoms with van der Waals surface area (Å²) in [5.74, 6) is -0.692. The first-order chi connectivity index (χ1) is 6.81. The number of methoxy groups -OCH3 is 1. The van der Waals surface area contributed by atoms with Gasteiger partial charge in [-0.05, 0) is 13.2 Å². The first-order valence-corrected chi connectivity index (χ1v) is 4.90. The average molecular weight is 213 g/mol. The van der Waals surface area contributed by atoms with Crippen molar-refractivity contribution >= 4 is 18.9 Å². The standard InChI is InChI=1S/C9H16BNO4/c1-9(2)5-6(7(12)15-4)11(8(9)13)10(3)14/h6,14H,5H2,1-4H3/t6-/m0/s1. The Bertz CT molecular complexity index is 290. The van der Waals surface area contributed by atoms with Crippen molar-refractivity contribution in [3.63, 3.8) is 0 Å². The van der Waals surface area contributed by atoms with Gasteiger partial charge in [-0.3, -0.25) is 4.79 Å². The van der Waals surface area contributed by atoms with Gasteiger partial charge in [-0.1, -0.05) is 13.8 Å². The highest BCUT2D eigenvalue weighted by molar-refractivity contribution is 6.50. The van der Waals surface area contributed by atoms with Crippen LogP contribution in [-0.4, -0.2) is 41.9 Å². The molecule has 0 aromatic carbocycles. The predicted octanol–water partition coefficient (Wildman–Crippen LogP) is -0.103. The molecule has 1 saturated heterocycles. The van der Waals surface area contributed by atoms with Crippen molar-refractivity contribution in [1.82, 2.24) is 4.81 Å². The van der Waals surface area contributed by atoms with Crippen LogP contribution in [0.15, 0.2) is 0 Å². The molecule has 0 aliphatic carbocycles. The summed E-state index contributed by atoms with van der Waals surface area (Å²) < 4.78 is 4.61. The lowest BCUT2D eigenvalue weighted by molar-refractivity contribution is -0.147. The lowest BCUT2D eigenvalue weighted by atomic mass is 9.83. The van der Waals surface area contributed by atoms with Gasteiger partial charge in [0, 0.05) is 5.41 Å². The average Bonchev–Trinajstić information content (AvgIpc) is 2.37. The van der Waals surface area contributed by atoms with Gasteiger partial charge >= 0.3 is 13.0 Å². The second-order valence-electron chi connectivity index (χ2n) is 4.47. The molecule has 0 spiro atoms. The summed E-state index contributed by atoms with van der Waals surface area (Å²) in [4.78, 5) is 24.5. The molecule has 1 amide bonds. The van der Waals surface area contributed by atoms with Crippen molar-refractivity contribution in [2.75, 3.05) is 7.11 Å². The minimum atomic E-state index is -0.969. The second kappa shape index (κ2) is 3.85. The van der Waals surface area contributed by atoms with Crippen molar-refractivity contribution in [2.24, 2.45) is 5.41 Å². The molecule has 1 aliphatic heterocycles. The number of nitrogens with zero attached hydrogens (tertiary/aromatic N) is 1. The third kappa shape index (κ3) is 1.99. The van der Waals surface area contributed by atoms with Gasteiger partial charge in [0.2, 0.25) is 5.91 Å². The first kappa shape index (κ1) is 12.0. The fourth-order valence-electron chi connectivity index (χ4n) is 1.92. The molecule has 0 aromatic heterocycles. The number of amides is 1. The minimum Gasteiger partial charge on any atom is -0.468 e. The SMILES string of the molecule is COC(=O)[C@@H]1CC(C)(C)C(=O)N1B(C)O. The van der Waals surface area contributed by atoms with E-state index in [9.17, 15) is 14.6 Å². The van der Waals surface area contributed by atoms with Crippen molar-refractivity contribution in [3.05, 3.63) is 0 Å². The normalized spacial score (nSPS) is 24.2. The number of carbonyl (C=O) groups excluding carboxylic acids is 2. The largest absolute Gasteiger partial charge is 0.468 e. The Morgan fingerprint density at radius 2 is 2.20 bits per heavy atom. The van der Waals surface area contributed by atoms with Crippen LogP contribution in [0.5, 0.6) is 0 Å². The van der Waals surface area contributed by atoms with Crippen LogP contribution in [0.4, 0.5) is 0 Å². The van der Waals surface area contributed by atoms with E-state index in [1.807, 2.05) is 0 Å². The lowest BCUT2D eigenvalue weighted by Crippen LogP contribution is -2.48. The molecule has 1 N–H and O–H groups in total. The van der Waals surface area contributed by atoms with Crippen LogP contribution in [-0.2, 0) is 14.3 Å². The Labute approximate surface area is 89.5 Å². The molecule has 0 bridgehead atoms. The van der Waals surface area contributed by atoms with E-state index < -0.39 is 24.5 Å². The molecule has 0 unspecified atom stereocenters. The van der Waals surface area contributed by atoms with Crippen LogP contribution >= 0.6 is 0 Å². The number of esters is 1. The second-order valence-corrected chi connectivity index (χ2v) is 4.47. The van der Waals surface area contributed by atoms with Crippen LogP contribution in [0.1, 0.15) is 20.3 Å². The monoisotopic (exact) mass is 213 g/mol. The predicted molar refractivity (Wildman–Crippen MR) is 54.9 cm³/mol. The van der Waals surface area contributed by atoms with E-state index in [-0.39, 0.29) is 5.91 Å². The number of hydrogen-bond acceptors (Lipinski definition) is 4. The Morgan fingerprint density at radius 3 is 2.60 bits per heavy atom. The quantitative estimate of drug-likeness (QED) is 0.513. The van der Waals surface area contributed by atoms with Crippen LogP contribution in [0, 0.1) is 5.41 Å². The molecule has 6 heteroatoms. The Morgan fingerprint density at radius 1 is 1.67 bits per heavy atom. The highest BCUT2D eigenvalue weighted by atomic mass is 16.5. The highest BCUT2D eigenvalue weighted by Gasteiger charge is 2.50. The maximum Gasteiger partial charge on any atom is 0.412 e. The smallest absolute Gasteiger partial charge is 0.412 e. The van der Waals surface area contributed by atoms with Crippen molar-refractivity contribution in [1.29, 1.82) is 0 Å². The third-order valence-corrected chi connectivity index (χ3v) is 2.73. The minimum absolute atomic E-state index is 0.215. The maximum absolute atomic E-state index is 11.9. The number of carbonyl (C=O) groups is 2. The number of ether oxygens (including phenoxy) is 1. The van der Waals surface area contributed by atoms with E-state index in [0.717, 1.165) is 0 Å². The summed E-state index contributed by atoms with van der Waals surface area (Å²) in [7, 11) is 0.307. The Balaban J connectivity index is 2.98. The van der Waals surface area contributed by atoms with Crippen molar-refractivity contribution < 1.29 is 19.3 Å². The maximum atomic E-state index is 11.9. The summed E-state index contributed by atoms with van der Waals surface area (Å²) in [6.45, 7) is 4.98. The van der Waals surface area contributed by atoms with E-state index in [0.29, 0.717) is 6.42 Å². The molecular formula is C9H16BNO4. The van der Waals surface area contributed by atoms with E-state index in [1.165, 1.54) is 18.7 Å². The van der Waals surface area contributed by atoms with Crippen LogP contribution in [0.3, 0.4) is 0 Å². The summed E-state index contributed by atoms with van der Waals surface area (Å²) >= 11 is 0. The fraction of sp³-hybridized carbons (Fsp3) is 0.778. The Hall–Kier alpha value is -1.04. The molecule has 0 saturated carbocycles. The fourth-order valence-corrected chi connectivity index (χ4v) is 1.92. The molecule has 1 fully saturated rings. The molecule has 0 radical (unpaired) electrons. The lowest BCUT2D eigenvalue weighted by Gasteiger charge is -2.23. The summed E-state index contributed by atoms with van der Waals surface area (Å²) in [6.07, 6.45) is 0.378. The van der Waals surface area contributed by atoms with Gasteiger partial charge < -0.3 is 14.6 Å². The molecule has 15 heavy (non-hydrogen) atoms. The van der Waals surface area contributed by atoms with E-state index in [4.69, 9.17) is 0 Å². The molecule has 1 rings (SSSR count). The van der Waals surface area contributed by atoms with Gasteiger partial charge in [-0.15, -0.1) is 0 Å². The number of hydrogen-bond donors (Lipinski definition) is 1. The molecular weight excluding hydrogens is 197 g/mol. The van der Waals surface area contributed by atoms with Crippen molar-refractivity contribution in [2.45, 2.75) is 33.1 Å². The van der Waals surface area contributed by atoms with Gasteiger partial charge in [0.05, 0.1) is 7.11 Å². The van der Waals surface area contributed by atoms with Gasteiger partial charge in [0.1, 0.15) is 6.04 Å². The zero-order valence-electron chi connectivity index (χ0n) is 9.48. The summed E-state index contributed by atoms with van der Waals surface area (Å²) in [5, 5.41) is 9.47. The molecule has 0 aromatic rings.